The maximum Gasteiger partial charge on any atom is 0.101 e. The van der Waals surface area contributed by atoms with Crippen molar-refractivity contribution in [1.29, 1.82) is 10.5 Å². The van der Waals surface area contributed by atoms with E-state index in [-0.39, 0.29) is 0 Å². The van der Waals surface area contributed by atoms with Crippen molar-refractivity contribution in [2.75, 3.05) is 0 Å². The summed E-state index contributed by atoms with van der Waals surface area (Å²) in [6, 6.07) is 46.6. The zero-order chi connectivity index (χ0) is 25.6. The van der Waals surface area contributed by atoms with Gasteiger partial charge in [0.15, 0.2) is 0 Å². The molecule has 0 aliphatic rings. The Kier molecular flexibility index (Phi) is 4.93. The molecule has 0 aromatic heterocycles. The van der Waals surface area contributed by atoms with Gasteiger partial charge in [0.2, 0.25) is 0 Å². The van der Waals surface area contributed by atoms with Gasteiger partial charge in [0.05, 0.1) is 11.1 Å². The Bertz CT molecular complexity index is 2140. The lowest BCUT2D eigenvalue weighted by Crippen LogP contribution is -1.90. The van der Waals surface area contributed by atoms with Gasteiger partial charge in [-0.25, -0.2) is 0 Å². The van der Waals surface area contributed by atoms with Gasteiger partial charge in [-0.05, 0) is 90.1 Å². The summed E-state index contributed by atoms with van der Waals surface area (Å²) in [6.45, 7) is 0. The molecule has 0 saturated carbocycles. The van der Waals surface area contributed by atoms with E-state index in [4.69, 9.17) is 0 Å². The lowest BCUT2D eigenvalue weighted by atomic mass is 9.91. The molecule has 0 aliphatic carbocycles. The van der Waals surface area contributed by atoms with E-state index in [1.165, 1.54) is 48.7 Å². The Balaban J connectivity index is 1.41. The van der Waals surface area contributed by atoms with Crippen molar-refractivity contribution in [1.82, 2.24) is 0 Å². The molecular formula is C36H20N2. The first-order valence-corrected chi connectivity index (χ1v) is 12.6. The molecule has 7 rings (SSSR count). The Hall–Kier alpha value is -5.44. The molecular weight excluding hydrogens is 460 g/mol. The predicted molar refractivity (Wildman–Crippen MR) is 157 cm³/mol. The zero-order valence-electron chi connectivity index (χ0n) is 20.4. The monoisotopic (exact) mass is 480 g/mol. The van der Waals surface area contributed by atoms with Gasteiger partial charge in [0.1, 0.15) is 12.1 Å². The second-order valence-electron chi connectivity index (χ2n) is 9.62. The summed E-state index contributed by atoms with van der Waals surface area (Å²) < 4.78 is 0. The standard InChI is InChI=1S/C36H20N2/c37-21-30-8-4-10-32(36(30)22-38)24-13-11-23(12-14-24)31-9-3-7-27-18-29-16-15-28-17-25-5-1-2-6-26(25)19-33(28)35(29)20-34(27)31/h1-20H. The number of nitrogens with zero attached hydrogens (tertiary/aromatic N) is 2. The molecule has 38 heavy (non-hydrogen) atoms. The Labute approximate surface area is 220 Å². The molecule has 0 spiro atoms. The van der Waals surface area contributed by atoms with Crippen molar-refractivity contribution in [2.24, 2.45) is 0 Å². The fourth-order valence-corrected chi connectivity index (χ4v) is 5.61. The SMILES string of the molecule is N#Cc1cccc(-c2ccc(-c3cccc4cc5ccc6cc7ccccc7cc6c5cc34)cc2)c1C#N. The van der Waals surface area contributed by atoms with Crippen molar-refractivity contribution < 1.29 is 0 Å². The van der Waals surface area contributed by atoms with Gasteiger partial charge in [-0.1, -0.05) is 91.0 Å². The van der Waals surface area contributed by atoms with Crippen LogP contribution in [-0.2, 0) is 0 Å². The summed E-state index contributed by atoms with van der Waals surface area (Å²) in [4.78, 5) is 0. The maximum atomic E-state index is 9.66. The molecule has 0 atom stereocenters. The summed E-state index contributed by atoms with van der Waals surface area (Å²) in [7, 11) is 0. The van der Waals surface area contributed by atoms with Crippen LogP contribution < -0.4 is 0 Å². The van der Waals surface area contributed by atoms with Crippen LogP contribution in [-0.4, -0.2) is 0 Å². The number of rotatable bonds is 2. The predicted octanol–water partition coefficient (Wildman–Crippen LogP) is 9.38. The average molecular weight is 481 g/mol. The van der Waals surface area contributed by atoms with Crippen LogP contribution in [0.5, 0.6) is 0 Å². The van der Waals surface area contributed by atoms with Crippen LogP contribution in [0.1, 0.15) is 11.1 Å². The number of hydrogen-bond donors (Lipinski definition) is 0. The second kappa shape index (κ2) is 8.59. The normalized spacial score (nSPS) is 11.1. The highest BCUT2D eigenvalue weighted by Crippen LogP contribution is 2.37. The minimum Gasteiger partial charge on any atom is -0.192 e. The average Bonchev–Trinajstić information content (AvgIpc) is 2.98. The topological polar surface area (TPSA) is 47.6 Å². The highest BCUT2D eigenvalue weighted by atomic mass is 14.3. The van der Waals surface area contributed by atoms with Gasteiger partial charge in [-0.3, -0.25) is 0 Å². The summed E-state index contributed by atoms with van der Waals surface area (Å²) in [6.07, 6.45) is 0. The zero-order valence-corrected chi connectivity index (χ0v) is 20.4. The van der Waals surface area contributed by atoms with Gasteiger partial charge in [-0.15, -0.1) is 0 Å². The van der Waals surface area contributed by atoms with E-state index in [1.807, 2.05) is 24.3 Å². The molecule has 0 fully saturated rings. The summed E-state index contributed by atoms with van der Waals surface area (Å²) in [5.41, 5.74) is 4.79. The van der Waals surface area contributed by atoms with Crippen LogP contribution >= 0.6 is 0 Å². The van der Waals surface area contributed by atoms with E-state index in [0.29, 0.717) is 11.1 Å². The number of nitriles is 2. The molecule has 0 saturated heterocycles. The highest BCUT2D eigenvalue weighted by molar-refractivity contribution is 6.16. The fraction of sp³-hybridized carbons (Fsp3) is 0. The van der Waals surface area contributed by atoms with E-state index in [9.17, 15) is 10.5 Å². The molecule has 0 unspecified atom stereocenters. The van der Waals surface area contributed by atoms with E-state index in [0.717, 1.165) is 16.7 Å². The molecule has 174 valence electrons. The summed E-state index contributed by atoms with van der Waals surface area (Å²) in [5.74, 6) is 0. The van der Waals surface area contributed by atoms with Gasteiger partial charge < -0.3 is 0 Å². The first-order valence-electron chi connectivity index (χ1n) is 12.6. The Morgan fingerprint density at radius 2 is 0.947 bits per heavy atom. The van der Waals surface area contributed by atoms with Crippen LogP contribution in [0.25, 0.3) is 65.3 Å². The maximum absolute atomic E-state index is 9.66. The lowest BCUT2D eigenvalue weighted by molar-refractivity contribution is 1.43. The third-order valence-electron chi connectivity index (χ3n) is 7.50. The van der Waals surface area contributed by atoms with Crippen LogP contribution in [0.2, 0.25) is 0 Å². The van der Waals surface area contributed by atoms with E-state index in [1.54, 1.807) is 6.07 Å². The lowest BCUT2D eigenvalue weighted by Gasteiger charge is -2.12. The minimum atomic E-state index is 0.398. The molecule has 2 heteroatoms. The molecule has 0 radical (unpaired) electrons. The number of hydrogen-bond acceptors (Lipinski definition) is 2. The van der Waals surface area contributed by atoms with E-state index in [2.05, 4.69) is 103 Å². The van der Waals surface area contributed by atoms with Crippen LogP contribution in [0.4, 0.5) is 0 Å². The van der Waals surface area contributed by atoms with E-state index < -0.39 is 0 Å². The van der Waals surface area contributed by atoms with Gasteiger partial charge in [0.25, 0.3) is 0 Å². The first-order chi connectivity index (χ1) is 18.7. The first kappa shape index (κ1) is 21.8. The molecule has 0 N–H and O–H groups in total. The van der Waals surface area contributed by atoms with Crippen molar-refractivity contribution in [3.63, 3.8) is 0 Å². The van der Waals surface area contributed by atoms with Gasteiger partial charge in [-0.2, -0.15) is 10.5 Å². The minimum absolute atomic E-state index is 0.398. The number of benzene rings is 7. The van der Waals surface area contributed by atoms with Crippen molar-refractivity contribution in [3.05, 3.63) is 132 Å². The molecule has 7 aromatic carbocycles. The van der Waals surface area contributed by atoms with Crippen LogP contribution in [0.3, 0.4) is 0 Å². The van der Waals surface area contributed by atoms with E-state index >= 15 is 0 Å². The summed E-state index contributed by atoms with van der Waals surface area (Å²) >= 11 is 0. The quantitative estimate of drug-likeness (QED) is 0.183. The number of fused-ring (bicyclic) bond motifs is 5. The summed E-state index contributed by atoms with van der Waals surface area (Å²) in [5, 5.41) is 28.9. The molecule has 2 nitrogen and oxygen atoms in total. The van der Waals surface area contributed by atoms with Crippen molar-refractivity contribution in [2.45, 2.75) is 0 Å². The fourth-order valence-electron chi connectivity index (χ4n) is 5.61. The van der Waals surface area contributed by atoms with Gasteiger partial charge >= 0.3 is 0 Å². The molecule has 7 aromatic rings. The molecule has 0 aliphatic heterocycles. The molecule has 0 bridgehead atoms. The molecule has 0 heterocycles. The van der Waals surface area contributed by atoms with Crippen molar-refractivity contribution >= 4 is 43.1 Å². The smallest absolute Gasteiger partial charge is 0.101 e. The van der Waals surface area contributed by atoms with Gasteiger partial charge in [0, 0.05) is 5.56 Å². The van der Waals surface area contributed by atoms with Crippen molar-refractivity contribution in [3.8, 4) is 34.4 Å². The Morgan fingerprint density at radius 1 is 0.395 bits per heavy atom. The largest absolute Gasteiger partial charge is 0.192 e. The van der Waals surface area contributed by atoms with Crippen LogP contribution in [0, 0.1) is 22.7 Å². The van der Waals surface area contributed by atoms with Crippen LogP contribution in [0.15, 0.2) is 121 Å². The third-order valence-corrected chi connectivity index (χ3v) is 7.50. The Morgan fingerprint density at radius 3 is 1.66 bits per heavy atom. The molecule has 0 amide bonds. The highest BCUT2D eigenvalue weighted by Gasteiger charge is 2.12. The third kappa shape index (κ3) is 3.40. The second-order valence-corrected chi connectivity index (χ2v) is 9.62.